The molecule has 1 amide bonds. The summed E-state index contributed by atoms with van der Waals surface area (Å²) in [7, 11) is 0. The highest BCUT2D eigenvalue weighted by molar-refractivity contribution is 6.34. The fraction of sp³-hybridized carbons (Fsp3) is 0.235. The van der Waals surface area contributed by atoms with Crippen molar-refractivity contribution in [2.75, 3.05) is 5.32 Å². The zero-order valence-electron chi connectivity index (χ0n) is 11.6. The van der Waals surface area contributed by atoms with Crippen LogP contribution >= 0.6 is 11.6 Å². The third-order valence-electron chi connectivity index (χ3n) is 3.81. The van der Waals surface area contributed by atoms with Gasteiger partial charge in [0.15, 0.2) is 0 Å². The molecule has 21 heavy (non-hydrogen) atoms. The largest absolute Gasteiger partial charge is 0.325 e. The second-order valence-corrected chi connectivity index (χ2v) is 5.79. The molecule has 1 heterocycles. The molecule has 0 aliphatic carbocycles. The number of halogens is 1. The van der Waals surface area contributed by atoms with Crippen molar-refractivity contribution in [3.8, 4) is 0 Å². The average molecular weight is 301 g/mol. The highest BCUT2D eigenvalue weighted by Crippen LogP contribution is 2.33. The number of carbonyl (C=O) groups excluding carboxylic acids is 1. The van der Waals surface area contributed by atoms with E-state index in [9.17, 15) is 4.79 Å². The number of hydrogen-bond donors (Lipinski definition) is 2. The minimum atomic E-state index is -0.104. The molecule has 0 aromatic heterocycles. The Bertz CT molecular complexity index is 670. The molecule has 2 aromatic carbocycles. The van der Waals surface area contributed by atoms with Crippen LogP contribution < -0.4 is 11.1 Å². The predicted octanol–water partition coefficient (Wildman–Crippen LogP) is 3.47. The van der Waals surface area contributed by atoms with Gasteiger partial charge in [-0.05, 0) is 35.6 Å². The number of nitrogens with two attached hydrogens (primary N) is 1. The normalized spacial score (nSPS) is 15.2. The maximum Gasteiger partial charge on any atom is 0.224 e. The third-order valence-corrected chi connectivity index (χ3v) is 4.10. The van der Waals surface area contributed by atoms with Crippen LogP contribution in [-0.2, 0) is 17.6 Å². The van der Waals surface area contributed by atoms with Crippen molar-refractivity contribution in [2.45, 2.75) is 25.3 Å². The number of carbonyl (C=O) groups is 1. The number of fused-ring (bicyclic) bond motifs is 1. The first-order chi connectivity index (χ1) is 10.1. The smallest absolute Gasteiger partial charge is 0.224 e. The highest BCUT2D eigenvalue weighted by atomic mass is 35.5. The van der Waals surface area contributed by atoms with Crippen LogP contribution in [0.1, 0.15) is 29.2 Å². The highest BCUT2D eigenvalue weighted by Gasteiger charge is 2.20. The first-order valence-corrected chi connectivity index (χ1v) is 7.43. The van der Waals surface area contributed by atoms with Gasteiger partial charge in [0.05, 0.1) is 10.7 Å². The SMILES string of the molecule is NC(Cc1ccccc1)c1cc(Cl)c2c(c1)CCC(=O)N2. The second kappa shape index (κ2) is 5.88. The maximum absolute atomic E-state index is 11.4. The van der Waals surface area contributed by atoms with E-state index in [0.717, 1.165) is 23.2 Å². The summed E-state index contributed by atoms with van der Waals surface area (Å²) in [6, 6.07) is 14.0. The van der Waals surface area contributed by atoms with E-state index in [1.807, 2.05) is 24.3 Å². The summed E-state index contributed by atoms with van der Waals surface area (Å²) >= 11 is 6.29. The van der Waals surface area contributed by atoms with Gasteiger partial charge < -0.3 is 11.1 Å². The van der Waals surface area contributed by atoms with Gasteiger partial charge in [0.1, 0.15) is 0 Å². The Labute approximate surface area is 129 Å². The third kappa shape index (κ3) is 3.09. The molecule has 0 fully saturated rings. The van der Waals surface area contributed by atoms with E-state index in [2.05, 4.69) is 23.5 Å². The number of hydrogen-bond acceptors (Lipinski definition) is 2. The van der Waals surface area contributed by atoms with Gasteiger partial charge in [-0.15, -0.1) is 0 Å². The van der Waals surface area contributed by atoms with Crippen molar-refractivity contribution < 1.29 is 4.79 Å². The van der Waals surface area contributed by atoms with E-state index >= 15 is 0 Å². The topological polar surface area (TPSA) is 55.1 Å². The summed E-state index contributed by atoms with van der Waals surface area (Å²) in [5.41, 5.74) is 10.3. The summed E-state index contributed by atoms with van der Waals surface area (Å²) in [5, 5.41) is 3.40. The maximum atomic E-state index is 11.4. The van der Waals surface area contributed by atoms with Gasteiger partial charge in [0.2, 0.25) is 5.91 Å². The van der Waals surface area contributed by atoms with Crippen molar-refractivity contribution in [3.05, 3.63) is 64.2 Å². The Hall–Kier alpha value is -1.84. The van der Waals surface area contributed by atoms with Crippen LogP contribution in [0, 0.1) is 0 Å². The molecule has 1 unspecified atom stereocenters. The first-order valence-electron chi connectivity index (χ1n) is 7.05. The van der Waals surface area contributed by atoms with Gasteiger partial charge in [-0.3, -0.25) is 4.79 Å². The molecule has 2 aromatic rings. The number of aryl methyl sites for hydroxylation is 1. The summed E-state index contributed by atoms with van der Waals surface area (Å²) in [5.74, 6) is 0.0192. The van der Waals surface area contributed by atoms with Gasteiger partial charge in [-0.1, -0.05) is 48.0 Å². The lowest BCUT2D eigenvalue weighted by atomic mass is 9.94. The van der Waals surface area contributed by atoms with E-state index < -0.39 is 0 Å². The van der Waals surface area contributed by atoms with Crippen LogP contribution in [0.3, 0.4) is 0 Å². The number of rotatable bonds is 3. The monoisotopic (exact) mass is 300 g/mol. The van der Waals surface area contributed by atoms with Gasteiger partial charge in [0.25, 0.3) is 0 Å². The van der Waals surface area contributed by atoms with Gasteiger partial charge >= 0.3 is 0 Å². The molecular weight excluding hydrogens is 284 g/mol. The quantitative estimate of drug-likeness (QED) is 0.912. The van der Waals surface area contributed by atoms with Crippen LogP contribution in [0.2, 0.25) is 5.02 Å². The molecule has 108 valence electrons. The zero-order valence-corrected chi connectivity index (χ0v) is 12.4. The van der Waals surface area contributed by atoms with Crippen LogP contribution in [0.25, 0.3) is 0 Å². The van der Waals surface area contributed by atoms with Crippen molar-refractivity contribution in [1.29, 1.82) is 0 Å². The summed E-state index contributed by atoms with van der Waals surface area (Å²) in [6.45, 7) is 0. The molecule has 0 bridgehead atoms. The Morgan fingerprint density at radius 1 is 1.19 bits per heavy atom. The second-order valence-electron chi connectivity index (χ2n) is 5.38. The molecule has 1 aliphatic heterocycles. The first kappa shape index (κ1) is 14.1. The summed E-state index contributed by atoms with van der Waals surface area (Å²) in [4.78, 5) is 11.4. The van der Waals surface area contributed by atoms with Crippen LogP contribution in [0.4, 0.5) is 5.69 Å². The predicted molar refractivity (Wildman–Crippen MR) is 85.5 cm³/mol. The molecule has 3 nitrogen and oxygen atoms in total. The van der Waals surface area contributed by atoms with Crippen LogP contribution in [0.5, 0.6) is 0 Å². The van der Waals surface area contributed by atoms with Crippen LogP contribution in [0.15, 0.2) is 42.5 Å². The van der Waals surface area contributed by atoms with Crippen molar-refractivity contribution in [1.82, 2.24) is 0 Å². The standard InChI is InChI=1S/C17H17ClN2O/c18-14-10-13(9-12-6-7-16(21)20-17(12)14)15(19)8-11-4-2-1-3-5-11/h1-5,9-10,15H,6-8,19H2,(H,20,21). The minimum Gasteiger partial charge on any atom is -0.325 e. The fourth-order valence-electron chi connectivity index (χ4n) is 2.67. The van der Waals surface area contributed by atoms with E-state index in [4.69, 9.17) is 17.3 Å². The fourth-order valence-corrected chi connectivity index (χ4v) is 2.97. The summed E-state index contributed by atoms with van der Waals surface area (Å²) < 4.78 is 0. The Morgan fingerprint density at radius 2 is 1.95 bits per heavy atom. The minimum absolute atomic E-state index is 0.0192. The lowest BCUT2D eigenvalue weighted by Crippen LogP contribution is -2.21. The Morgan fingerprint density at radius 3 is 2.71 bits per heavy atom. The van der Waals surface area contributed by atoms with E-state index in [1.54, 1.807) is 0 Å². The molecular formula is C17H17ClN2O. The van der Waals surface area contributed by atoms with Gasteiger partial charge in [-0.2, -0.15) is 0 Å². The number of anilines is 1. The molecule has 1 atom stereocenters. The molecule has 3 rings (SSSR count). The van der Waals surface area contributed by atoms with E-state index in [0.29, 0.717) is 17.9 Å². The average Bonchev–Trinajstić information content (AvgIpc) is 2.49. The summed E-state index contributed by atoms with van der Waals surface area (Å²) in [6.07, 6.45) is 1.98. The Kier molecular flexibility index (Phi) is 3.95. The molecule has 1 aliphatic rings. The molecule has 4 heteroatoms. The molecule has 0 spiro atoms. The molecule has 0 saturated carbocycles. The van der Waals surface area contributed by atoms with Crippen molar-refractivity contribution in [2.24, 2.45) is 5.73 Å². The lowest BCUT2D eigenvalue weighted by molar-refractivity contribution is -0.116. The number of benzene rings is 2. The Balaban J connectivity index is 1.86. The van der Waals surface area contributed by atoms with Gasteiger partial charge in [-0.25, -0.2) is 0 Å². The van der Waals surface area contributed by atoms with E-state index in [1.165, 1.54) is 5.56 Å². The number of nitrogens with one attached hydrogen (secondary N) is 1. The van der Waals surface area contributed by atoms with Crippen molar-refractivity contribution in [3.63, 3.8) is 0 Å². The van der Waals surface area contributed by atoms with Crippen LogP contribution in [-0.4, -0.2) is 5.91 Å². The molecule has 3 N–H and O–H groups in total. The van der Waals surface area contributed by atoms with E-state index in [-0.39, 0.29) is 11.9 Å². The number of amides is 1. The molecule has 0 saturated heterocycles. The lowest BCUT2D eigenvalue weighted by Gasteiger charge is -2.21. The van der Waals surface area contributed by atoms with Crippen molar-refractivity contribution >= 4 is 23.2 Å². The molecule has 0 radical (unpaired) electrons. The zero-order chi connectivity index (χ0) is 14.8. The van der Waals surface area contributed by atoms with Gasteiger partial charge in [0, 0.05) is 12.5 Å².